The third-order valence-corrected chi connectivity index (χ3v) is 5.98. The summed E-state index contributed by atoms with van der Waals surface area (Å²) in [6.45, 7) is 4.05. The normalized spacial score (nSPS) is 13.9. The number of nitrogens with one attached hydrogen (secondary N) is 2. The number of unbranched alkanes of at least 4 members (excludes halogenated alkanes) is 1. The molecule has 7 nitrogen and oxygen atoms in total. The lowest BCUT2D eigenvalue weighted by atomic mass is 10.0. The second kappa shape index (κ2) is 7.64. The lowest BCUT2D eigenvalue weighted by Gasteiger charge is -2.27. The van der Waals surface area contributed by atoms with Crippen LogP contribution in [0.25, 0.3) is 10.9 Å². The van der Waals surface area contributed by atoms with E-state index in [9.17, 15) is 9.59 Å². The molecular formula is C19H23N5O2S. The number of nitrogens with zero attached hydrogens (tertiary/aromatic N) is 3. The van der Waals surface area contributed by atoms with E-state index in [0.717, 1.165) is 24.8 Å². The Morgan fingerprint density at radius 2 is 2.19 bits per heavy atom. The van der Waals surface area contributed by atoms with Crippen molar-refractivity contribution in [2.75, 3.05) is 12.3 Å². The largest absolute Gasteiger partial charge is 0.358 e. The summed E-state index contributed by atoms with van der Waals surface area (Å²) >= 11 is 1.33. The fraction of sp³-hybridized carbons (Fsp3) is 0.421. The minimum Gasteiger partial charge on any atom is -0.358 e. The van der Waals surface area contributed by atoms with Gasteiger partial charge in [-0.3, -0.25) is 9.36 Å². The average molecular weight is 385 g/mol. The Labute approximate surface area is 161 Å². The van der Waals surface area contributed by atoms with E-state index in [1.165, 1.54) is 28.4 Å². The number of rotatable bonds is 6. The van der Waals surface area contributed by atoms with Crippen LogP contribution in [0.5, 0.6) is 0 Å². The highest BCUT2D eigenvalue weighted by molar-refractivity contribution is 7.99. The number of hydrogen-bond donors (Lipinski definition) is 2. The highest BCUT2D eigenvalue weighted by Crippen LogP contribution is 2.28. The Morgan fingerprint density at radius 1 is 1.33 bits per heavy atom. The molecule has 1 aliphatic heterocycles. The first kappa shape index (κ1) is 17.9. The van der Waals surface area contributed by atoms with E-state index in [1.54, 1.807) is 4.57 Å². The molecule has 2 aromatic heterocycles. The van der Waals surface area contributed by atoms with Crippen LogP contribution in [0.2, 0.25) is 0 Å². The van der Waals surface area contributed by atoms with Gasteiger partial charge in [-0.25, -0.2) is 9.89 Å². The van der Waals surface area contributed by atoms with Crippen molar-refractivity contribution in [1.82, 2.24) is 24.6 Å². The quantitative estimate of drug-likeness (QED) is 0.639. The lowest BCUT2D eigenvalue weighted by molar-refractivity contribution is -0.129. The second-order valence-corrected chi connectivity index (χ2v) is 7.74. The van der Waals surface area contributed by atoms with Crippen LogP contribution >= 0.6 is 11.8 Å². The van der Waals surface area contributed by atoms with Crippen molar-refractivity contribution in [2.45, 2.75) is 44.4 Å². The molecule has 0 atom stereocenters. The van der Waals surface area contributed by atoms with Crippen LogP contribution < -0.4 is 5.69 Å². The third kappa shape index (κ3) is 3.53. The Kier molecular flexibility index (Phi) is 5.07. The summed E-state index contributed by atoms with van der Waals surface area (Å²) in [7, 11) is 0. The zero-order chi connectivity index (χ0) is 18.8. The predicted octanol–water partition coefficient (Wildman–Crippen LogP) is 2.53. The number of carbonyl (C=O) groups excluding carboxylic acids is 1. The van der Waals surface area contributed by atoms with Gasteiger partial charge >= 0.3 is 5.69 Å². The SMILES string of the molecule is CCCCn1c(SCC(=O)N2CCc3[nH]c4ccccc4c3C2)n[nH]c1=O. The molecule has 0 bridgehead atoms. The first-order valence-corrected chi connectivity index (χ1v) is 10.3. The van der Waals surface area contributed by atoms with Crippen LogP contribution in [0, 0.1) is 0 Å². The number of para-hydroxylation sites is 1. The van der Waals surface area contributed by atoms with Gasteiger partial charge in [-0.2, -0.15) is 0 Å². The highest BCUT2D eigenvalue weighted by Gasteiger charge is 2.24. The second-order valence-electron chi connectivity index (χ2n) is 6.80. The molecule has 3 aromatic rings. The maximum Gasteiger partial charge on any atom is 0.343 e. The summed E-state index contributed by atoms with van der Waals surface area (Å²) in [5.74, 6) is 0.363. The molecule has 1 aliphatic rings. The molecule has 0 radical (unpaired) electrons. The van der Waals surface area contributed by atoms with E-state index in [2.05, 4.69) is 34.2 Å². The summed E-state index contributed by atoms with van der Waals surface area (Å²) in [5.41, 5.74) is 3.37. The summed E-state index contributed by atoms with van der Waals surface area (Å²) in [6.07, 6.45) is 2.75. The Hall–Kier alpha value is -2.48. The summed E-state index contributed by atoms with van der Waals surface area (Å²) in [4.78, 5) is 30.0. The van der Waals surface area contributed by atoms with E-state index in [4.69, 9.17) is 0 Å². The topological polar surface area (TPSA) is 86.8 Å². The molecule has 27 heavy (non-hydrogen) atoms. The molecule has 1 aromatic carbocycles. The molecule has 0 spiro atoms. The van der Waals surface area contributed by atoms with Gasteiger partial charge in [-0.15, -0.1) is 5.10 Å². The number of H-pyrrole nitrogens is 2. The smallest absolute Gasteiger partial charge is 0.343 e. The first-order valence-electron chi connectivity index (χ1n) is 9.31. The van der Waals surface area contributed by atoms with Crippen molar-refractivity contribution < 1.29 is 4.79 Å². The first-order chi connectivity index (χ1) is 13.2. The van der Waals surface area contributed by atoms with Crippen molar-refractivity contribution in [1.29, 1.82) is 0 Å². The van der Waals surface area contributed by atoms with Crippen molar-refractivity contribution >= 4 is 28.6 Å². The lowest BCUT2D eigenvalue weighted by Crippen LogP contribution is -2.37. The van der Waals surface area contributed by atoms with Crippen molar-refractivity contribution in [2.24, 2.45) is 0 Å². The third-order valence-electron chi connectivity index (χ3n) is 5.02. The summed E-state index contributed by atoms with van der Waals surface area (Å²) < 4.78 is 1.62. The number of amides is 1. The molecule has 2 N–H and O–H groups in total. The standard InChI is InChI=1S/C19H23N5O2S/c1-2-3-9-24-18(26)21-22-19(24)27-12-17(25)23-10-8-16-14(11-23)13-6-4-5-7-15(13)20-16/h4-7,20H,2-3,8-12H2,1H3,(H,21,26). The van der Waals surface area contributed by atoms with Gasteiger partial charge in [0, 0.05) is 48.2 Å². The Bertz CT molecular complexity index is 1020. The molecule has 0 aliphatic carbocycles. The number of aromatic nitrogens is 4. The molecule has 0 fully saturated rings. The van der Waals surface area contributed by atoms with E-state index in [0.29, 0.717) is 24.8 Å². The number of carbonyl (C=O) groups is 1. The van der Waals surface area contributed by atoms with Crippen LogP contribution in [-0.2, 0) is 24.3 Å². The number of aromatic amines is 2. The molecule has 4 rings (SSSR count). The van der Waals surface area contributed by atoms with Gasteiger partial charge in [0.15, 0.2) is 5.16 Å². The molecule has 0 saturated carbocycles. The summed E-state index contributed by atoms with van der Waals surface area (Å²) in [6, 6.07) is 8.22. The number of hydrogen-bond acceptors (Lipinski definition) is 4. The molecule has 0 saturated heterocycles. The van der Waals surface area contributed by atoms with Gasteiger partial charge in [0.05, 0.1) is 5.75 Å². The molecular weight excluding hydrogens is 362 g/mol. The predicted molar refractivity (Wildman–Crippen MR) is 106 cm³/mol. The van der Waals surface area contributed by atoms with Gasteiger partial charge in [0.2, 0.25) is 5.91 Å². The van der Waals surface area contributed by atoms with E-state index in [1.807, 2.05) is 17.0 Å². The van der Waals surface area contributed by atoms with Gasteiger partial charge in [-0.1, -0.05) is 43.3 Å². The average Bonchev–Trinajstić information content (AvgIpc) is 3.24. The van der Waals surface area contributed by atoms with Crippen molar-refractivity contribution in [3.63, 3.8) is 0 Å². The van der Waals surface area contributed by atoms with Gasteiger partial charge in [-0.05, 0) is 12.5 Å². The fourth-order valence-corrected chi connectivity index (χ4v) is 4.40. The molecule has 0 unspecified atom stereocenters. The van der Waals surface area contributed by atoms with E-state index in [-0.39, 0.29) is 17.3 Å². The number of benzene rings is 1. The minimum atomic E-state index is -0.209. The minimum absolute atomic E-state index is 0.0772. The zero-order valence-corrected chi connectivity index (χ0v) is 16.1. The molecule has 142 valence electrons. The van der Waals surface area contributed by atoms with Crippen LogP contribution in [0.15, 0.2) is 34.2 Å². The maximum atomic E-state index is 12.7. The van der Waals surface area contributed by atoms with E-state index < -0.39 is 0 Å². The molecule has 8 heteroatoms. The monoisotopic (exact) mass is 385 g/mol. The van der Waals surface area contributed by atoms with Crippen LogP contribution in [0.1, 0.15) is 31.0 Å². The molecule has 1 amide bonds. The van der Waals surface area contributed by atoms with Crippen molar-refractivity contribution in [3.05, 3.63) is 46.0 Å². The Balaban J connectivity index is 1.43. The van der Waals surface area contributed by atoms with Crippen molar-refractivity contribution in [3.8, 4) is 0 Å². The number of fused-ring (bicyclic) bond motifs is 3. The van der Waals surface area contributed by atoms with Gasteiger partial charge in [0.1, 0.15) is 0 Å². The van der Waals surface area contributed by atoms with E-state index >= 15 is 0 Å². The highest BCUT2D eigenvalue weighted by atomic mass is 32.2. The number of thioether (sulfide) groups is 1. The fourth-order valence-electron chi connectivity index (χ4n) is 3.52. The van der Waals surface area contributed by atoms with Gasteiger partial charge < -0.3 is 9.88 Å². The summed E-state index contributed by atoms with van der Waals surface area (Å²) in [5, 5.41) is 8.34. The molecule has 3 heterocycles. The van der Waals surface area contributed by atoms with Gasteiger partial charge in [0.25, 0.3) is 0 Å². The zero-order valence-electron chi connectivity index (χ0n) is 15.3. The van der Waals surface area contributed by atoms with Crippen LogP contribution in [-0.4, -0.2) is 42.9 Å². The Morgan fingerprint density at radius 3 is 3.04 bits per heavy atom. The maximum absolute atomic E-state index is 12.7. The van der Waals surface area contributed by atoms with Crippen LogP contribution in [0.4, 0.5) is 0 Å². The van der Waals surface area contributed by atoms with Crippen LogP contribution in [0.3, 0.4) is 0 Å².